The molecule has 0 atom stereocenters. The lowest BCUT2D eigenvalue weighted by Gasteiger charge is -2.06. The number of anilines is 2. The van der Waals surface area contributed by atoms with Crippen molar-refractivity contribution in [1.82, 2.24) is 15.0 Å². The zero-order valence-electron chi connectivity index (χ0n) is 17.0. The Morgan fingerprint density at radius 1 is 1.16 bits per heavy atom. The number of aromatic amines is 1. The van der Waals surface area contributed by atoms with E-state index in [1.54, 1.807) is 18.3 Å². The molecular weight excluding hydrogens is 430 g/mol. The number of thiazole rings is 1. The molecule has 8 heteroatoms. The van der Waals surface area contributed by atoms with Crippen LogP contribution in [-0.4, -0.2) is 27.4 Å². The van der Waals surface area contributed by atoms with Crippen LogP contribution in [0.2, 0.25) is 5.02 Å². The number of halogens is 1. The second-order valence-corrected chi connectivity index (χ2v) is 8.30. The third kappa shape index (κ3) is 5.13. The summed E-state index contributed by atoms with van der Waals surface area (Å²) < 4.78 is 0. The van der Waals surface area contributed by atoms with Gasteiger partial charge in [0.25, 0.3) is 5.91 Å². The zero-order chi connectivity index (χ0) is 21.6. The number of benzene rings is 2. The Hall–Kier alpha value is -3.16. The molecule has 0 fully saturated rings. The Morgan fingerprint density at radius 2 is 2.00 bits per heavy atom. The lowest BCUT2D eigenvalue weighted by Crippen LogP contribution is -2.13. The number of carbonyl (C=O) groups excluding carboxylic acids is 1. The fourth-order valence-electron chi connectivity index (χ4n) is 3.13. The Labute approximate surface area is 189 Å². The maximum Gasteiger partial charge on any atom is 0.278 e. The van der Waals surface area contributed by atoms with Crippen molar-refractivity contribution in [2.45, 2.75) is 19.8 Å². The number of rotatable bonds is 8. The van der Waals surface area contributed by atoms with Crippen LogP contribution in [0.5, 0.6) is 0 Å². The summed E-state index contributed by atoms with van der Waals surface area (Å²) in [5.74, 6) is 0.299. The highest BCUT2D eigenvalue weighted by Crippen LogP contribution is 2.29. The van der Waals surface area contributed by atoms with Gasteiger partial charge in [0.05, 0.1) is 5.69 Å². The van der Waals surface area contributed by atoms with Crippen LogP contribution in [0.3, 0.4) is 0 Å². The average molecular weight is 452 g/mol. The van der Waals surface area contributed by atoms with Crippen LogP contribution in [-0.2, 0) is 0 Å². The number of nitrogens with one attached hydrogen (secondary N) is 3. The topological polar surface area (TPSA) is 82.7 Å². The van der Waals surface area contributed by atoms with Crippen molar-refractivity contribution in [2.75, 3.05) is 17.2 Å². The van der Waals surface area contributed by atoms with Crippen LogP contribution in [0.1, 0.15) is 30.3 Å². The highest BCUT2D eigenvalue weighted by Gasteiger charge is 2.20. The Kier molecular flexibility index (Phi) is 6.64. The molecule has 0 unspecified atom stereocenters. The monoisotopic (exact) mass is 451 g/mol. The van der Waals surface area contributed by atoms with E-state index in [1.165, 1.54) is 11.3 Å². The first-order valence-corrected chi connectivity index (χ1v) is 11.3. The van der Waals surface area contributed by atoms with Gasteiger partial charge in [-0.15, -0.1) is 11.3 Å². The van der Waals surface area contributed by atoms with E-state index in [0.29, 0.717) is 27.4 Å². The van der Waals surface area contributed by atoms with Gasteiger partial charge in [0.2, 0.25) is 0 Å². The van der Waals surface area contributed by atoms with Crippen LogP contribution in [0, 0.1) is 0 Å². The maximum atomic E-state index is 13.0. The molecule has 0 saturated heterocycles. The fraction of sp³-hybridized carbons (Fsp3) is 0.174. The quantitative estimate of drug-likeness (QED) is 0.274. The molecule has 1 amide bonds. The standard InChI is InChI=1S/C23H22ClN5OS/c1-2-3-11-25-18-6-4-5-16(14-18)21-27-19(15-7-9-17(24)10-8-15)20(28-21)22(30)29-23-26-12-13-31-23/h4-10,12-14,25H,2-3,11H2,1H3,(H,27,28)(H,26,29,30). The second kappa shape index (κ2) is 9.76. The SMILES string of the molecule is CCCCNc1cccc(-c2nc(C(=O)Nc3nccs3)c(-c3ccc(Cl)cc3)[nH]2)c1. The van der Waals surface area contributed by atoms with Gasteiger partial charge in [-0.05, 0) is 30.7 Å². The minimum absolute atomic E-state index is 0.303. The first kappa shape index (κ1) is 21.1. The summed E-state index contributed by atoms with van der Waals surface area (Å²) in [6, 6.07) is 15.3. The van der Waals surface area contributed by atoms with E-state index in [2.05, 4.69) is 32.5 Å². The molecule has 4 aromatic rings. The van der Waals surface area contributed by atoms with Crippen molar-refractivity contribution in [3.8, 4) is 22.6 Å². The Morgan fingerprint density at radius 3 is 2.74 bits per heavy atom. The smallest absolute Gasteiger partial charge is 0.278 e. The third-order valence-electron chi connectivity index (χ3n) is 4.70. The number of nitrogens with zero attached hydrogens (tertiary/aromatic N) is 2. The van der Waals surface area contributed by atoms with Crippen molar-refractivity contribution in [3.63, 3.8) is 0 Å². The van der Waals surface area contributed by atoms with Gasteiger partial charge in [0.1, 0.15) is 5.82 Å². The number of hydrogen-bond donors (Lipinski definition) is 3. The van der Waals surface area contributed by atoms with Gasteiger partial charge >= 0.3 is 0 Å². The molecular formula is C23H22ClN5OS. The Bertz CT molecular complexity index is 1160. The molecule has 0 aliphatic heterocycles. The molecule has 0 bridgehead atoms. The molecule has 6 nitrogen and oxygen atoms in total. The largest absolute Gasteiger partial charge is 0.385 e. The molecule has 0 spiro atoms. The molecule has 0 aliphatic rings. The van der Waals surface area contributed by atoms with E-state index in [9.17, 15) is 4.79 Å². The summed E-state index contributed by atoms with van der Waals surface area (Å²) >= 11 is 7.41. The molecule has 3 N–H and O–H groups in total. The van der Waals surface area contributed by atoms with Crippen LogP contribution < -0.4 is 10.6 Å². The predicted molar refractivity (Wildman–Crippen MR) is 128 cm³/mol. The molecule has 2 aromatic heterocycles. The number of unbranched alkanes of at least 4 members (excludes halogenated alkanes) is 1. The van der Waals surface area contributed by atoms with Gasteiger partial charge in [0.15, 0.2) is 10.8 Å². The van der Waals surface area contributed by atoms with E-state index in [1.807, 2.05) is 41.8 Å². The molecule has 0 radical (unpaired) electrons. The van der Waals surface area contributed by atoms with Crippen molar-refractivity contribution < 1.29 is 4.79 Å². The summed E-state index contributed by atoms with van der Waals surface area (Å²) in [7, 11) is 0. The summed E-state index contributed by atoms with van der Waals surface area (Å²) in [5.41, 5.74) is 3.67. The van der Waals surface area contributed by atoms with E-state index in [4.69, 9.17) is 11.6 Å². The van der Waals surface area contributed by atoms with Crippen LogP contribution in [0.15, 0.2) is 60.1 Å². The first-order valence-electron chi connectivity index (χ1n) is 10.0. The van der Waals surface area contributed by atoms with Gasteiger partial charge in [0, 0.05) is 40.0 Å². The molecule has 2 heterocycles. The second-order valence-electron chi connectivity index (χ2n) is 6.97. The molecule has 158 valence electrons. The normalized spacial score (nSPS) is 10.8. The van der Waals surface area contributed by atoms with Gasteiger partial charge in [-0.1, -0.05) is 49.2 Å². The highest BCUT2D eigenvalue weighted by atomic mass is 35.5. The molecule has 4 rings (SSSR count). The van der Waals surface area contributed by atoms with Gasteiger partial charge in [-0.2, -0.15) is 0 Å². The molecule has 0 aliphatic carbocycles. The lowest BCUT2D eigenvalue weighted by molar-refractivity contribution is 0.102. The third-order valence-corrected chi connectivity index (χ3v) is 5.64. The Balaban J connectivity index is 1.70. The predicted octanol–water partition coefficient (Wildman–Crippen LogP) is 6.32. The number of amides is 1. The van der Waals surface area contributed by atoms with Gasteiger partial charge in [-0.3, -0.25) is 10.1 Å². The molecule has 31 heavy (non-hydrogen) atoms. The number of imidazole rings is 1. The number of carbonyl (C=O) groups is 1. The maximum absolute atomic E-state index is 13.0. The first-order chi connectivity index (χ1) is 15.1. The minimum atomic E-state index is -0.320. The molecule has 2 aromatic carbocycles. The van der Waals surface area contributed by atoms with Crippen LogP contribution in [0.25, 0.3) is 22.6 Å². The van der Waals surface area contributed by atoms with Crippen molar-refractivity contribution >= 4 is 39.7 Å². The average Bonchev–Trinajstić information content (AvgIpc) is 3.45. The summed E-state index contributed by atoms with van der Waals surface area (Å²) in [6.45, 7) is 3.08. The zero-order valence-corrected chi connectivity index (χ0v) is 18.6. The number of hydrogen-bond acceptors (Lipinski definition) is 5. The summed E-state index contributed by atoms with van der Waals surface area (Å²) in [6.07, 6.45) is 3.88. The molecule has 0 saturated carbocycles. The fourth-order valence-corrected chi connectivity index (χ4v) is 3.78. The van der Waals surface area contributed by atoms with Gasteiger partial charge in [-0.25, -0.2) is 9.97 Å². The van der Waals surface area contributed by atoms with E-state index < -0.39 is 0 Å². The van der Waals surface area contributed by atoms with Gasteiger partial charge < -0.3 is 10.3 Å². The van der Waals surface area contributed by atoms with Crippen molar-refractivity contribution in [2.24, 2.45) is 0 Å². The van der Waals surface area contributed by atoms with E-state index in [-0.39, 0.29) is 5.91 Å². The van der Waals surface area contributed by atoms with Crippen molar-refractivity contribution in [3.05, 3.63) is 70.8 Å². The van der Waals surface area contributed by atoms with Crippen molar-refractivity contribution in [1.29, 1.82) is 0 Å². The summed E-state index contributed by atoms with van der Waals surface area (Å²) in [5, 5.41) is 9.21. The number of H-pyrrole nitrogens is 1. The highest BCUT2D eigenvalue weighted by molar-refractivity contribution is 7.13. The van der Waals surface area contributed by atoms with E-state index in [0.717, 1.165) is 36.2 Å². The number of aromatic nitrogens is 3. The minimum Gasteiger partial charge on any atom is -0.385 e. The van der Waals surface area contributed by atoms with Crippen LogP contribution >= 0.6 is 22.9 Å². The lowest BCUT2D eigenvalue weighted by atomic mass is 10.1. The van der Waals surface area contributed by atoms with Crippen LogP contribution in [0.4, 0.5) is 10.8 Å². The summed E-state index contributed by atoms with van der Waals surface area (Å²) in [4.78, 5) is 25.1. The van der Waals surface area contributed by atoms with E-state index >= 15 is 0 Å².